The summed E-state index contributed by atoms with van der Waals surface area (Å²) in [5.41, 5.74) is 1.67. The van der Waals surface area contributed by atoms with Crippen LogP contribution in [0.1, 0.15) is 33.3 Å². The van der Waals surface area contributed by atoms with Crippen molar-refractivity contribution in [2.24, 2.45) is 0 Å². The molecular formula is C14H17BClNO3. The third kappa shape index (κ3) is 2.05. The number of carbonyl (C=O) groups excluding carboxylic acids is 1. The van der Waals surface area contributed by atoms with Crippen LogP contribution in [-0.2, 0) is 20.5 Å². The van der Waals surface area contributed by atoms with E-state index in [1.165, 1.54) is 0 Å². The molecule has 1 aromatic carbocycles. The summed E-state index contributed by atoms with van der Waals surface area (Å²) in [7, 11) is -0.506. The Bertz CT molecular complexity index is 584. The minimum absolute atomic E-state index is 0.0119. The molecule has 1 N–H and O–H groups in total. The van der Waals surface area contributed by atoms with Gasteiger partial charge in [0.2, 0.25) is 5.91 Å². The molecule has 0 radical (unpaired) electrons. The zero-order valence-electron chi connectivity index (χ0n) is 12.0. The summed E-state index contributed by atoms with van der Waals surface area (Å²) in [6, 6.07) is 3.67. The first kappa shape index (κ1) is 13.9. The number of halogens is 1. The lowest BCUT2D eigenvalue weighted by Gasteiger charge is -2.32. The molecule has 0 aromatic heterocycles. The standard InChI is InChI=1S/C14H17BClNO3/c1-13(2)14(3,4)20-15(19-13)9-5-8-6-12(18)17-11(8)7-10(9)16/h5,7H,6H2,1-4H3,(H,17,18). The van der Waals surface area contributed by atoms with E-state index in [1.54, 1.807) is 6.07 Å². The predicted octanol–water partition coefficient (Wildman–Crippen LogP) is 2.13. The largest absolute Gasteiger partial charge is 0.496 e. The lowest BCUT2D eigenvalue weighted by atomic mass is 9.78. The van der Waals surface area contributed by atoms with Crippen LogP contribution in [0, 0.1) is 0 Å². The maximum Gasteiger partial charge on any atom is 0.496 e. The highest BCUT2D eigenvalue weighted by molar-refractivity contribution is 6.65. The van der Waals surface area contributed by atoms with E-state index in [9.17, 15) is 4.79 Å². The number of benzene rings is 1. The second-order valence-corrected chi connectivity index (χ2v) is 6.75. The van der Waals surface area contributed by atoms with Crippen molar-refractivity contribution in [3.8, 4) is 0 Å². The molecule has 3 rings (SSSR count). The number of hydrogen-bond acceptors (Lipinski definition) is 3. The van der Waals surface area contributed by atoms with Gasteiger partial charge in [0.25, 0.3) is 0 Å². The van der Waals surface area contributed by atoms with Gasteiger partial charge >= 0.3 is 7.12 Å². The molecule has 0 atom stereocenters. The van der Waals surface area contributed by atoms with Crippen LogP contribution in [0.3, 0.4) is 0 Å². The van der Waals surface area contributed by atoms with E-state index in [0.717, 1.165) is 16.7 Å². The third-order valence-corrected chi connectivity index (χ3v) is 4.68. The number of hydrogen-bond donors (Lipinski definition) is 1. The van der Waals surface area contributed by atoms with Crippen LogP contribution >= 0.6 is 11.6 Å². The van der Waals surface area contributed by atoms with Gasteiger partial charge in [0.1, 0.15) is 0 Å². The number of fused-ring (bicyclic) bond motifs is 1. The van der Waals surface area contributed by atoms with Crippen LogP contribution in [-0.4, -0.2) is 24.2 Å². The van der Waals surface area contributed by atoms with Crippen LogP contribution in [0.2, 0.25) is 5.02 Å². The first-order chi connectivity index (χ1) is 9.19. The Balaban J connectivity index is 1.97. The van der Waals surface area contributed by atoms with Gasteiger partial charge in [-0.1, -0.05) is 17.7 Å². The Labute approximate surface area is 123 Å². The maximum atomic E-state index is 11.4. The molecule has 1 amide bonds. The Morgan fingerprint density at radius 2 is 1.80 bits per heavy atom. The van der Waals surface area contributed by atoms with Crippen molar-refractivity contribution in [2.45, 2.75) is 45.3 Å². The normalized spacial score (nSPS) is 22.9. The van der Waals surface area contributed by atoms with Gasteiger partial charge in [0.05, 0.1) is 17.6 Å². The molecule has 0 bridgehead atoms. The SMILES string of the molecule is CC1(C)OB(c2cc3c(cc2Cl)NC(=O)C3)OC1(C)C. The second kappa shape index (κ2) is 4.23. The summed E-state index contributed by atoms with van der Waals surface area (Å²) in [4.78, 5) is 11.4. The van der Waals surface area contributed by atoms with E-state index < -0.39 is 18.3 Å². The maximum absolute atomic E-state index is 11.4. The van der Waals surface area contributed by atoms with Crippen molar-refractivity contribution in [1.29, 1.82) is 0 Å². The van der Waals surface area contributed by atoms with Crippen molar-refractivity contribution in [2.75, 3.05) is 5.32 Å². The summed E-state index contributed by atoms with van der Waals surface area (Å²) in [5.74, 6) is -0.0119. The molecule has 1 aromatic rings. The van der Waals surface area contributed by atoms with Gasteiger partial charge in [-0.3, -0.25) is 4.79 Å². The fourth-order valence-corrected chi connectivity index (χ4v) is 2.67. The van der Waals surface area contributed by atoms with E-state index in [4.69, 9.17) is 20.9 Å². The number of amides is 1. The van der Waals surface area contributed by atoms with Crippen molar-refractivity contribution in [3.63, 3.8) is 0 Å². The highest BCUT2D eigenvalue weighted by atomic mass is 35.5. The molecule has 6 heteroatoms. The summed E-state index contributed by atoms with van der Waals surface area (Å²) in [6.45, 7) is 8.00. The van der Waals surface area contributed by atoms with Crippen LogP contribution in [0.4, 0.5) is 5.69 Å². The number of carbonyl (C=O) groups is 1. The van der Waals surface area contributed by atoms with E-state index >= 15 is 0 Å². The molecular weight excluding hydrogens is 276 g/mol. The molecule has 1 saturated heterocycles. The minimum atomic E-state index is -0.506. The van der Waals surface area contributed by atoms with Crippen molar-refractivity contribution < 1.29 is 14.1 Å². The molecule has 0 saturated carbocycles. The zero-order valence-corrected chi connectivity index (χ0v) is 12.8. The summed E-state index contributed by atoms with van der Waals surface area (Å²) in [5, 5.41) is 3.33. The topological polar surface area (TPSA) is 47.6 Å². The fourth-order valence-electron chi connectivity index (χ4n) is 2.42. The number of anilines is 1. The van der Waals surface area contributed by atoms with Gasteiger partial charge in [0, 0.05) is 16.2 Å². The minimum Gasteiger partial charge on any atom is -0.399 e. The smallest absolute Gasteiger partial charge is 0.399 e. The highest BCUT2D eigenvalue weighted by Gasteiger charge is 2.52. The molecule has 1 fully saturated rings. The zero-order chi connectivity index (χ0) is 14.7. The number of nitrogens with one attached hydrogen (secondary N) is 1. The third-order valence-electron chi connectivity index (χ3n) is 4.35. The molecule has 2 aliphatic heterocycles. The van der Waals surface area contributed by atoms with E-state index in [-0.39, 0.29) is 5.91 Å². The van der Waals surface area contributed by atoms with Crippen LogP contribution in [0.5, 0.6) is 0 Å². The fraction of sp³-hybridized carbons (Fsp3) is 0.500. The summed E-state index contributed by atoms with van der Waals surface area (Å²) < 4.78 is 12.0. The van der Waals surface area contributed by atoms with E-state index in [1.807, 2.05) is 33.8 Å². The lowest BCUT2D eigenvalue weighted by Crippen LogP contribution is -2.41. The summed E-state index contributed by atoms with van der Waals surface area (Å²) >= 11 is 6.31. The van der Waals surface area contributed by atoms with Crippen LogP contribution < -0.4 is 10.8 Å². The Hall–Kier alpha value is -1.04. The first-order valence-corrected chi connectivity index (χ1v) is 7.05. The molecule has 4 nitrogen and oxygen atoms in total. The first-order valence-electron chi connectivity index (χ1n) is 6.67. The lowest BCUT2D eigenvalue weighted by molar-refractivity contribution is -0.115. The Morgan fingerprint density at radius 3 is 2.40 bits per heavy atom. The van der Waals surface area contributed by atoms with Crippen LogP contribution in [0.25, 0.3) is 0 Å². The molecule has 0 aliphatic carbocycles. The van der Waals surface area contributed by atoms with Gasteiger partial charge in [0.15, 0.2) is 0 Å². The van der Waals surface area contributed by atoms with Crippen molar-refractivity contribution in [1.82, 2.24) is 0 Å². The Morgan fingerprint density at radius 1 is 1.20 bits per heavy atom. The van der Waals surface area contributed by atoms with Gasteiger partial charge in [-0.25, -0.2) is 0 Å². The monoisotopic (exact) mass is 293 g/mol. The summed E-state index contributed by atoms with van der Waals surface area (Å²) in [6.07, 6.45) is 0.374. The van der Waals surface area contributed by atoms with E-state index in [0.29, 0.717) is 11.4 Å². The van der Waals surface area contributed by atoms with E-state index in [2.05, 4.69) is 5.32 Å². The molecule has 0 unspecified atom stereocenters. The average Bonchev–Trinajstić information content (AvgIpc) is 2.74. The molecule has 2 heterocycles. The highest BCUT2D eigenvalue weighted by Crippen LogP contribution is 2.37. The number of rotatable bonds is 1. The molecule has 2 aliphatic rings. The molecule has 0 spiro atoms. The van der Waals surface area contributed by atoms with Gasteiger partial charge in [-0.05, 0) is 39.3 Å². The molecule has 106 valence electrons. The predicted molar refractivity (Wildman–Crippen MR) is 79.5 cm³/mol. The van der Waals surface area contributed by atoms with Crippen molar-refractivity contribution in [3.05, 3.63) is 22.7 Å². The second-order valence-electron chi connectivity index (χ2n) is 6.34. The van der Waals surface area contributed by atoms with Gasteiger partial charge < -0.3 is 14.6 Å². The van der Waals surface area contributed by atoms with Gasteiger partial charge in [-0.15, -0.1) is 0 Å². The average molecular weight is 294 g/mol. The quantitative estimate of drug-likeness (QED) is 0.807. The Kier molecular flexibility index (Phi) is 2.94. The molecule has 20 heavy (non-hydrogen) atoms. The van der Waals surface area contributed by atoms with Crippen molar-refractivity contribution >= 4 is 35.8 Å². The van der Waals surface area contributed by atoms with Crippen LogP contribution in [0.15, 0.2) is 12.1 Å². The van der Waals surface area contributed by atoms with Gasteiger partial charge in [-0.2, -0.15) is 0 Å².